The summed E-state index contributed by atoms with van der Waals surface area (Å²) in [5.41, 5.74) is 3.58. The molecule has 6 nitrogen and oxygen atoms in total. The Bertz CT molecular complexity index is 1180. The van der Waals surface area contributed by atoms with Crippen molar-refractivity contribution in [1.29, 1.82) is 0 Å². The molecule has 1 aromatic carbocycles. The molecular weight excluding hydrogens is 386 g/mol. The molecule has 5 rings (SSSR count). The second-order valence-electron chi connectivity index (χ2n) is 7.75. The maximum absolute atomic E-state index is 13.1. The summed E-state index contributed by atoms with van der Waals surface area (Å²) >= 11 is 0. The molecule has 0 radical (unpaired) electrons. The van der Waals surface area contributed by atoms with Crippen LogP contribution in [-0.2, 0) is 0 Å². The minimum absolute atomic E-state index is 0.0833. The van der Waals surface area contributed by atoms with Crippen LogP contribution in [0.25, 0.3) is 10.9 Å². The van der Waals surface area contributed by atoms with E-state index in [-0.39, 0.29) is 5.91 Å². The number of hydrogen-bond acceptors (Lipinski definition) is 5. The predicted octanol–water partition coefficient (Wildman–Crippen LogP) is 4.79. The summed E-state index contributed by atoms with van der Waals surface area (Å²) in [5, 5.41) is 4.17. The molecule has 1 amide bonds. The summed E-state index contributed by atoms with van der Waals surface area (Å²) in [6.45, 7) is 1.46. The van der Waals surface area contributed by atoms with Gasteiger partial charge >= 0.3 is 0 Å². The summed E-state index contributed by atoms with van der Waals surface area (Å²) in [6.07, 6.45) is 7.19. The summed E-state index contributed by atoms with van der Waals surface area (Å²) < 4.78 is 0. The number of carbonyl (C=O) groups excluding carboxylic acids is 1. The number of anilines is 2. The Kier molecular flexibility index (Phi) is 5.27. The molecule has 0 unspecified atom stereocenters. The van der Waals surface area contributed by atoms with E-state index in [0.29, 0.717) is 5.92 Å². The number of pyridine rings is 3. The quantitative estimate of drug-likeness (QED) is 0.525. The average molecular weight is 409 g/mol. The van der Waals surface area contributed by atoms with E-state index in [2.05, 4.69) is 26.3 Å². The molecule has 1 fully saturated rings. The fourth-order valence-corrected chi connectivity index (χ4v) is 4.14. The molecule has 31 heavy (non-hydrogen) atoms. The predicted molar refractivity (Wildman–Crippen MR) is 121 cm³/mol. The molecule has 1 aliphatic rings. The van der Waals surface area contributed by atoms with E-state index in [0.717, 1.165) is 59.6 Å². The van der Waals surface area contributed by atoms with Crippen molar-refractivity contribution in [3.8, 4) is 0 Å². The highest BCUT2D eigenvalue weighted by Crippen LogP contribution is 2.29. The molecule has 3 aromatic heterocycles. The molecular formula is C25H23N5O. The summed E-state index contributed by atoms with van der Waals surface area (Å²) in [7, 11) is 0. The molecule has 0 atom stereocenters. The van der Waals surface area contributed by atoms with Gasteiger partial charge in [0.15, 0.2) is 0 Å². The van der Waals surface area contributed by atoms with Crippen LogP contribution >= 0.6 is 0 Å². The second-order valence-corrected chi connectivity index (χ2v) is 7.75. The van der Waals surface area contributed by atoms with Gasteiger partial charge in [0.05, 0.1) is 17.4 Å². The lowest BCUT2D eigenvalue weighted by atomic mass is 9.92. The SMILES string of the molecule is O=C(c1cccc2ncccc12)N1CCC(c2ccc(Nc3ccccn3)cn2)CC1. The molecule has 4 aromatic rings. The molecule has 1 aliphatic heterocycles. The smallest absolute Gasteiger partial charge is 0.254 e. The van der Waals surface area contributed by atoms with Gasteiger partial charge in [0, 0.05) is 48.0 Å². The third-order valence-electron chi connectivity index (χ3n) is 5.80. The van der Waals surface area contributed by atoms with Crippen LogP contribution in [0.2, 0.25) is 0 Å². The van der Waals surface area contributed by atoms with Crippen molar-refractivity contribution in [3.05, 3.63) is 90.5 Å². The van der Waals surface area contributed by atoms with E-state index < -0.39 is 0 Å². The summed E-state index contributed by atoms with van der Waals surface area (Å²) in [4.78, 5) is 28.4. The lowest BCUT2D eigenvalue weighted by Crippen LogP contribution is -2.38. The number of hydrogen-bond donors (Lipinski definition) is 1. The van der Waals surface area contributed by atoms with Crippen LogP contribution in [0.3, 0.4) is 0 Å². The van der Waals surface area contributed by atoms with E-state index >= 15 is 0 Å². The first-order valence-corrected chi connectivity index (χ1v) is 10.5. The lowest BCUT2D eigenvalue weighted by molar-refractivity contribution is 0.0714. The van der Waals surface area contributed by atoms with Crippen LogP contribution in [0.15, 0.2) is 79.3 Å². The van der Waals surface area contributed by atoms with Gasteiger partial charge in [-0.05, 0) is 55.3 Å². The van der Waals surface area contributed by atoms with Crippen LogP contribution in [0.5, 0.6) is 0 Å². The Balaban J connectivity index is 1.23. The number of fused-ring (bicyclic) bond motifs is 1. The first-order chi connectivity index (χ1) is 15.3. The van der Waals surface area contributed by atoms with Crippen molar-refractivity contribution in [1.82, 2.24) is 19.9 Å². The maximum atomic E-state index is 13.1. The fraction of sp³-hybridized carbons (Fsp3) is 0.200. The highest BCUT2D eigenvalue weighted by Gasteiger charge is 2.26. The normalized spacial score (nSPS) is 14.5. The van der Waals surface area contributed by atoms with Gasteiger partial charge in [-0.25, -0.2) is 4.98 Å². The van der Waals surface area contributed by atoms with Crippen LogP contribution in [0, 0.1) is 0 Å². The molecule has 4 heterocycles. The van der Waals surface area contributed by atoms with Gasteiger partial charge in [0.1, 0.15) is 5.82 Å². The van der Waals surface area contributed by atoms with Crippen LogP contribution in [0.1, 0.15) is 34.8 Å². The number of rotatable bonds is 4. The number of carbonyl (C=O) groups is 1. The molecule has 0 aliphatic carbocycles. The number of piperidine rings is 1. The zero-order chi connectivity index (χ0) is 21.0. The van der Waals surface area contributed by atoms with Gasteiger partial charge in [0.2, 0.25) is 0 Å². The molecule has 0 bridgehead atoms. The van der Waals surface area contributed by atoms with Gasteiger partial charge in [-0.2, -0.15) is 0 Å². The first kappa shape index (κ1) is 19.2. The minimum atomic E-state index is 0.0833. The number of likely N-dealkylation sites (tertiary alicyclic amines) is 1. The third-order valence-corrected chi connectivity index (χ3v) is 5.80. The molecule has 1 N–H and O–H groups in total. The minimum Gasteiger partial charge on any atom is -0.339 e. The Morgan fingerprint density at radius 1 is 0.871 bits per heavy atom. The summed E-state index contributed by atoms with van der Waals surface area (Å²) in [5.74, 6) is 1.24. The second kappa shape index (κ2) is 8.52. The van der Waals surface area contributed by atoms with E-state index in [9.17, 15) is 4.79 Å². The Morgan fingerprint density at radius 2 is 1.74 bits per heavy atom. The van der Waals surface area contributed by atoms with Gasteiger partial charge in [-0.1, -0.05) is 18.2 Å². The zero-order valence-electron chi connectivity index (χ0n) is 17.1. The lowest BCUT2D eigenvalue weighted by Gasteiger charge is -2.32. The highest BCUT2D eigenvalue weighted by molar-refractivity contribution is 6.06. The van der Waals surface area contributed by atoms with Gasteiger partial charge < -0.3 is 10.2 Å². The number of aromatic nitrogens is 3. The first-order valence-electron chi connectivity index (χ1n) is 10.5. The molecule has 1 saturated heterocycles. The maximum Gasteiger partial charge on any atom is 0.254 e. The van der Waals surface area contributed by atoms with Crippen molar-refractivity contribution in [2.24, 2.45) is 0 Å². The largest absolute Gasteiger partial charge is 0.339 e. The fourth-order valence-electron chi connectivity index (χ4n) is 4.14. The van der Waals surface area contributed by atoms with Crippen LogP contribution in [0.4, 0.5) is 11.5 Å². The van der Waals surface area contributed by atoms with Crippen molar-refractivity contribution in [3.63, 3.8) is 0 Å². The Labute approximate surface area is 181 Å². The monoisotopic (exact) mass is 409 g/mol. The number of benzene rings is 1. The van der Waals surface area contributed by atoms with Crippen molar-refractivity contribution < 1.29 is 4.79 Å². The number of amides is 1. The Morgan fingerprint density at radius 3 is 2.52 bits per heavy atom. The average Bonchev–Trinajstić information content (AvgIpc) is 2.84. The molecule has 0 saturated carbocycles. The summed E-state index contributed by atoms with van der Waals surface area (Å²) in [6, 6.07) is 19.5. The van der Waals surface area contributed by atoms with Gasteiger partial charge in [-0.15, -0.1) is 0 Å². The standard InChI is InChI=1S/C25H23N5O/c31-25(21-5-3-7-23-20(21)6-4-14-26-23)30-15-11-18(12-16-30)22-10-9-19(17-28-22)29-24-8-1-2-13-27-24/h1-10,13-14,17-18H,11-12,15-16H2,(H,27,29). The third kappa shape index (κ3) is 4.10. The van der Waals surface area contributed by atoms with E-state index in [4.69, 9.17) is 0 Å². The van der Waals surface area contributed by atoms with E-state index in [1.807, 2.05) is 65.7 Å². The van der Waals surface area contributed by atoms with Crippen molar-refractivity contribution >= 4 is 28.3 Å². The van der Waals surface area contributed by atoms with Gasteiger partial charge in [-0.3, -0.25) is 14.8 Å². The Hall–Kier alpha value is -3.80. The van der Waals surface area contributed by atoms with Crippen LogP contribution in [-0.4, -0.2) is 38.8 Å². The number of nitrogens with zero attached hydrogens (tertiary/aromatic N) is 4. The van der Waals surface area contributed by atoms with Gasteiger partial charge in [0.25, 0.3) is 5.91 Å². The van der Waals surface area contributed by atoms with Crippen molar-refractivity contribution in [2.75, 3.05) is 18.4 Å². The van der Waals surface area contributed by atoms with E-state index in [1.165, 1.54) is 0 Å². The van der Waals surface area contributed by atoms with Crippen molar-refractivity contribution in [2.45, 2.75) is 18.8 Å². The topological polar surface area (TPSA) is 71.0 Å². The molecule has 154 valence electrons. The van der Waals surface area contributed by atoms with E-state index in [1.54, 1.807) is 12.4 Å². The highest BCUT2D eigenvalue weighted by atomic mass is 16.2. The molecule has 6 heteroatoms. The molecule has 0 spiro atoms. The van der Waals surface area contributed by atoms with Crippen LogP contribution < -0.4 is 5.32 Å². The number of nitrogens with one attached hydrogen (secondary N) is 1. The zero-order valence-corrected chi connectivity index (χ0v) is 17.1.